The highest BCUT2D eigenvalue weighted by Crippen LogP contribution is 2.66. The van der Waals surface area contributed by atoms with Gasteiger partial charge in [-0.05, 0) is 61.4 Å². The van der Waals surface area contributed by atoms with Crippen LogP contribution in [0.3, 0.4) is 0 Å². The van der Waals surface area contributed by atoms with Gasteiger partial charge in [-0.1, -0.05) is 42.5 Å². The van der Waals surface area contributed by atoms with Crippen molar-refractivity contribution in [1.29, 1.82) is 0 Å². The molecule has 212 valence electrons. The molecule has 1 spiro atoms. The van der Waals surface area contributed by atoms with Crippen LogP contribution in [0.1, 0.15) is 38.5 Å². The monoisotopic (exact) mass is 562 g/mol. The Morgan fingerprint density at radius 1 is 1.12 bits per heavy atom. The number of nitrogens with zero attached hydrogens (tertiary/aromatic N) is 2. The number of carbonyl (C=O) groups excluding carboxylic acids is 3. The van der Waals surface area contributed by atoms with Gasteiger partial charge in [-0.3, -0.25) is 14.4 Å². The quantitative estimate of drug-likeness (QED) is 0.216. The standard InChI is InChI=1S/C32H38N2O5S/c1-3-5-6-9-20-39-31(38)26-25-15-16-32(40-25)27(26)29(36)34(18-10-19-35)28(32)30(37)33(17-4-2)24-14-13-22-11-7-8-12-23(22)21-24/h3-4,7-8,11-14,21,25-28,35H,1-2,5-6,9-10,15-20H2/t25-,26+,27+,28?,32?/m1/s1. The topological polar surface area (TPSA) is 87.1 Å². The van der Waals surface area contributed by atoms with Gasteiger partial charge in [0.2, 0.25) is 5.91 Å². The summed E-state index contributed by atoms with van der Waals surface area (Å²) in [7, 11) is 0. The minimum atomic E-state index is -0.733. The SMILES string of the molecule is C=CCCCCOC(=O)[C@@H]1[C@H]2C(=O)N(CCCO)C(C(=O)N(CC=C)c3ccc4ccccc4c3)C23CC[C@H]1S3. The highest BCUT2D eigenvalue weighted by atomic mass is 32.2. The Labute approximate surface area is 240 Å². The summed E-state index contributed by atoms with van der Waals surface area (Å²) in [5.74, 6) is -1.84. The van der Waals surface area contributed by atoms with Crippen molar-refractivity contribution in [3.63, 3.8) is 0 Å². The minimum Gasteiger partial charge on any atom is -0.465 e. The lowest BCUT2D eigenvalue weighted by Crippen LogP contribution is -2.55. The molecule has 2 aromatic carbocycles. The predicted molar refractivity (Wildman–Crippen MR) is 159 cm³/mol. The van der Waals surface area contributed by atoms with E-state index in [1.54, 1.807) is 27.6 Å². The van der Waals surface area contributed by atoms with Crippen LogP contribution in [0.4, 0.5) is 5.69 Å². The zero-order valence-corrected chi connectivity index (χ0v) is 23.7. The average molecular weight is 563 g/mol. The lowest BCUT2D eigenvalue weighted by Gasteiger charge is -2.37. The van der Waals surface area contributed by atoms with E-state index in [0.717, 1.165) is 42.1 Å². The van der Waals surface area contributed by atoms with Crippen LogP contribution >= 0.6 is 11.8 Å². The van der Waals surface area contributed by atoms with Crippen LogP contribution in [0.25, 0.3) is 10.8 Å². The number of amides is 2. The normalized spacial score (nSPS) is 26.6. The summed E-state index contributed by atoms with van der Waals surface area (Å²) in [4.78, 5) is 45.3. The van der Waals surface area contributed by atoms with Crippen LogP contribution < -0.4 is 4.90 Å². The van der Waals surface area contributed by atoms with Crippen molar-refractivity contribution in [1.82, 2.24) is 4.90 Å². The van der Waals surface area contributed by atoms with Crippen LogP contribution in [0.2, 0.25) is 0 Å². The van der Waals surface area contributed by atoms with Crippen molar-refractivity contribution >= 4 is 46.0 Å². The highest BCUT2D eigenvalue weighted by molar-refractivity contribution is 8.02. The molecule has 2 bridgehead atoms. The van der Waals surface area contributed by atoms with Gasteiger partial charge in [-0.15, -0.1) is 24.9 Å². The Bertz CT molecular complexity index is 1300. The molecule has 3 heterocycles. The smallest absolute Gasteiger partial charge is 0.310 e. The first-order valence-electron chi connectivity index (χ1n) is 14.2. The van der Waals surface area contributed by atoms with Crippen molar-refractivity contribution < 1.29 is 24.2 Å². The largest absolute Gasteiger partial charge is 0.465 e. The fraction of sp³-hybridized carbons (Fsp3) is 0.469. The van der Waals surface area contributed by atoms with Gasteiger partial charge in [0.05, 0.1) is 23.2 Å². The number of unbranched alkanes of at least 4 members (excludes halogenated alkanes) is 2. The first-order chi connectivity index (χ1) is 19.5. The Kier molecular flexibility index (Phi) is 8.66. The number of esters is 1. The molecule has 8 heteroatoms. The molecule has 0 aromatic heterocycles. The van der Waals surface area contributed by atoms with Crippen LogP contribution in [0.15, 0.2) is 67.8 Å². The number of anilines is 1. The van der Waals surface area contributed by atoms with Crippen molar-refractivity contribution in [3.05, 3.63) is 67.8 Å². The van der Waals surface area contributed by atoms with Crippen molar-refractivity contribution in [2.75, 3.05) is 31.2 Å². The van der Waals surface area contributed by atoms with Gasteiger partial charge in [0.25, 0.3) is 5.91 Å². The summed E-state index contributed by atoms with van der Waals surface area (Å²) in [5.41, 5.74) is 0.742. The Morgan fingerprint density at radius 3 is 2.67 bits per heavy atom. The van der Waals surface area contributed by atoms with Gasteiger partial charge in [0.15, 0.2) is 0 Å². The molecule has 3 aliphatic rings. The molecule has 0 aliphatic carbocycles. The third-order valence-corrected chi connectivity index (χ3v) is 10.5. The summed E-state index contributed by atoms with van der Waals surface area (Å²) >= 11 is 1.63. The number of fused-ring (bicyclic) bond motifs is 2. The van der Waals surface area contributed by atoms with E-state index in [2.05, 4.69) is 13.2 Å². The van der Waals surface area contributed by atoms with Crippen LogP contribution in [0, 0.1) is 11.8 Å². The molecule has 40 heavy (non-hydrogen) atoms. The predicted octanol–water partition coefficient (Wildman–Crippen LogP) is 4.73. The molecule has 1 N–H and O–H groups in total. The maximum absolute atomic E-state index is 14.5. The minimum absolute atomic E-state index is 0.0431. The van der Waals surface area contributed by atoms with Crippen molar-refractivity contribution in [3.8, 4) is 0 Å². The number of hydrogen-bond donors (Lipinski definition) is 1. The van der Waals surface area contributed by atoms with Gasteiger partial charge >= 0.3 is 5.97 Å². The molecule has 2 unspecified atom stereocenters. The van der Waals surface area contributed by atoms with Crippen LogP contribution in [-0.4, -0.2) is 70.1 Å². The second-order valence-electron chi connectivity index (χ2n) is 10.9. The molecule has 0 saturated carbocycles. The number of benzene rings is 2. The number of aliphatic hydroxyl groups is 1. The number of carbonyl (C=O) groups is 3. The van der Waals surface area contributed by atoms with Crippen molar-refractivity contribution in [2.45, 2.75) is 54.6 Å². The zero-order chi connectivity index (χ0) is 28.3. The Morgan fingerprint density at radius 2 is 1.93 bits per heavy atom. The molecule has 5 atom stereocenters. The Balaban J connectivity index is 1.46. The summed E-state index contributed by atoms with van der Waals surface area (Å²) in [6, 6.07) is 13.2. The maximum atomic E-state index is 14.5. The molecule has 3 fully saturated rings. The third kappa shape index (κ3) is 4.96. The number of aliphatic hydroxyl groups excluding tert-OH is 1. The fourth-order valence-electron chi connectivity index (χ4n) is 6.79. The lowest BCUT2D eigenvalue weighted by molar-refractivity contribution is -0.154. The summed E-state index contributed by atoms with van der Waals surface area (Å²) < 4.78 is 4.98. The first-order valence-corrected chi connectivity index (χ1v) is 15.1. The molecular weight excluding hydrogens is 524 g/mol. The van der Waals surface area contributed by atoms with E-state index in [-0.39, 0.29) is 36.2 Å². The summed E-state index contributed by atoms with van der Waals surface area (Å²) in [6.07, 6.45) is 7.87. The highest BCUT2D eigenvalue weighted by Gasteiger charge is 2.74. The fourth-order valence-corrected chi connectivity index (χ4v) is 8.99. The van der Waals surface area contributed by atoms with Crippen LogP contribution in [-0.2, 0) is 19.1 Å². The van der Waals surface area contributed by atoms with E-state index in [4.69, 9.17) is 4.74 Å². The Hall–Kier alpha value is -3.10. The van der Waals surface area contributed by atoms with Gasteiger partial charge in [0.1, 0.15) is 6.04 Å². The van der Waals surface area contributed by atoms with Gasteiger partial charge in [-0.2, -0.15) is 0 Å². The van der Waals surface area contributed by atoms with E-state index < -0.39 is 22.6 Å². The summed E-state index contributed by atoms with van der Waals surface area (Å²) in [5, 5.41) is 11.7. The van der Waals surface area contributed by atoms with E-state index >= 15 is 0 Å². The second kappa shape index (κ2) is 12.2. The molecule has 0 radical (unpaired) electrons. The number of rotatable bonds is 13. The summed E-state index contributed by atoms with van der Waals surface area (Å²) in [6.45, 7) is 8.41. The number of ether oxygens (including phenoxy) is 1. The van der Waals surface area contributed by atoms with E-state index in [9.17, 15) is 19.5 Å². The van der Waals surface area contributed by atoms with Gasteiger partial charge < -0.3 is 19.6 Å². The number of thioether (sulfide) groups is 1. The molecule has 2 aromatic rings. The first kappa shape index (κ1) is 28.4. The van der Waals surface area contributed by atoms with Crippen LogP contribution in [0.5, 0.6) is 0 Å². The molecule has 7 nitrogen and oxygen atoms in total. The molecular formula is C32H38N2O5S. The second-order valence-corrected chi connectivity index (χ2v) is 12.5. The third-order valence-electron chi connectivity index (χ3n) is 8.53. The van der Waals surface area contributed by atoms with Gasteiger partial charge in [-0.25, -0.2) is 0 Å². The molecule has 5 rings (SSSR count). The van der Waals surface area contributed by atoms with E-state index in [1.807, 2.05) is 48.5 Å². The lowest BCUT2D eigenvalue weighted by atomic mass is 9.71. The molecule has 3 aliphatic heterocycles. The molecule has 2 amide bonds. The van der Waals surface area contributed by atoms with E-state index in [1.165, 1.54) is 0 Å². The number of hydrogen-bond acceptors (Lipinski definition) is 6. The zero-order valence-electron chi connectivity index (χ0n) is 22.9. The van der Waals surface area contributed by atoms with Gasteiger partial charge in [0, 0.05) is 30.6 Å². The number of allylic oxidation sites excluding steroid dienone is 1. The van der Waals surface area contributed by atoms with E-state index in [0.29, 0.717) is 26.0 Å². The van der Waals surface area contributed by atoms with Crippen molar-refractivity contribution in [2.24, 2.45) is 11.8 Å². The number of likely N-dealkylation sites (tertiary alicyclic amines) is 1. The average Bonchev–Trinajstić information content (AvgIpc) is 3.61. The maximum Gasteiger partial charge on any atom is 0.310 e. The molecule has 3 saturated heterocycles.